The van der Waals surface area contributed by atoms with Crippen LogP contribution in [0.2, 0.25) is 0 Å². The molecule has 0 unspecified atom stereocenters. The first-order chi connectivity index (χ1) is 11.2. The maximum atomic E-state index is 12.2. The molecular weight excluding hydrogens is 279 g/mol. The number of benzene rings is 3. The second-order valence-corrected chi connectivity index (χ2v) is 5.56. The molecular formula is C21H17BO. The molecule has 0 bridgehead atoms. The first kappa shape index (κ1) is 15.0. The molecule has 3 aromatic carbocycles. The zero-order valence-corrected chi connectivity index (χ0v) is 13.1. The summed E-state index contributed by atoms with van der Waals surface area (Å²) in [5.41, 5.74) is 5.20. The molecule has 0 heterocycles. The van der Waals surface area contributed by atoms with E-state index in [2.05, 4.69) is 24.3 Å². The van der Waals surface area contributed by atoms with Crippen LogP contribution in [0.1, 0.15) is 15.9 Å². The van der Waals surface area contributed by atoms with E-state index in [1.807, 2.05) is 68.5 Å². The minimum Gasteiger partial charge on any atom is -0.289 e. The Morgan fingerprint density at radius 1 is 0.783 bits per heavy atom. The molecule has 0 aromatic heterocycles. The van der Waals surface area contributed by atoms with Gasteiger partial charge >= 0.3 is 0 Å². The number of hydrogen-bond donors (Lipinski definition) is 0. The SMILES string of the molecule is Bc1cccc(C(=O)/C=C/c2ccc(-c3ccccc3)cc2)c1. The van der Waals surface area contributed by atoms with Crippen molar-refractivity contribution in [2.75, 3.05) is 0 Å². The van der Waals surface area contributed by atoms with Crippen LogP contribution >= 0.6 is 0 Å². The zero-order valence-electron chi connectivity index (χ0n) is 13.1. The van der Waals surface area contributed by atoms with E-state index in [4.69, 9.17) is 0 Å². The van der Waals surface area contributed by atoms with Crippen LogP contribution in [0, 0.1) is 0 Å². The van der Waals surface area contributed by atoms with Gasteiger partial charge in [-0.05, 0) is 22.8 Å². The fourth-order valence-electron chi connectivity index (χ4n) is 2.48. The minimum atomic E-state index is 0.0286. The van der Waals surface area contributed by atoms with E-state index in [9.17, 15) is 4.79 Å². The number of rotatable bonds is 4. The van der Waals surface area contributed by atoms with E-state index < -0.39 is 0 Å². The minimum absolute atomic E-state index is 0.0286. The van der Waals surface area contributed by atoms with Gasteiger partial charge in [-0.15, -0.1) is 0 Å². The Morgan fingerprint density at radius 3 is 2.17 bits per heavy atom. The number of carbonyl (C=O) groups is 1. The summed E-state index contributed by atoms with van der Waals surface area (Å²) in [6.07, 6.45) is 3.49. The molecule has 3 aromatic rings. The third-order valence-electron chi connectivity index (χ3n) is 3.75. The standard InChI is InChI=1S/C21H17BO/c22-20-8-4-7-19(15-20)21(23)14-11-16-9-12-18(13-10-16)17-5-2-1-3-6-17/h1-15H,22H2/b14-11+. The zero-order chi connectivity index (χ0) is 16.1. The molecule has 0 aliphatic rings. The Morgan fingerprint density at radius 2 is 1.48 bits per heavy atom. The van der Waals surface area contributed by atoms with Gasteiger partial charge in [0, 0.05) is 5.56 Å². The maximum Gasteiger partial charge on any atom is 0.185 e. The summed E-state index contributed by atoms with van der Waals surface area (Å²) >= 11 is 0. The molecule has 1 nitrogen and oxygen atoms in total. The van der Waals surface area contributed by atoms with Crippen LogP contribution in [-0.2, 0) is 0 Å². The Balaban J connectivity index is 1.74. The first-order valence-corrected chi connectivity index (χ1v) is 7.67. The van der Waals surface area contributed by atoms with Gasteiger partial charge in [0.15, 0.2) is 5.78 Å². The molecule has 3 rings (SSSR count). The van der Waals surface area contributed by atoms with Crippen LogP contribution in [-0.4, -0.2) is 13.6 Å². The summed E-state index contributed by atoms with van der Waals surface area (Å²) < 4.78 is 0. The normalized spacial score (nSPS) is 10.8. The van der Waals surface area contributed by atoms with Crippen molar-refractivity contribution in [1.29, 1.82) is 0 Å². The highest BCUT2D eigenvalue weighted by molar-refractivity contribution is 6.32. The van der Waals surface area contributed by atoms with E-state index >= 15 is 0 Å². The van der Waals surface area contributed by atoms with Crippen LogP contribution in [0.15, 0.2) is 84.9 Å². The molecule has 110 valence electrons. The summed E-state index contributed by atoms with van der Waals surface area (Å²) in [4.78, 5) is 12.2. The highest BCUT2D eigenvalue weighted by Crippen LogP contribution is 2.19. The quantitative estimate of drug-likeness (QED) is 0.409. The first-order valence-electron chi connectivity index (χ1n) is 7.67. The Labute approximate surface area is 137 Å². The van der Waals surface area contributed by atoms with Crippen molar-refractivity contribution in [3.8, 4) is 11.1 Å². The van der Waals surface area contributed by atoms with Gasteiger partial charge < -0.3 is 0 Å². The fourth-order valence-corrected chi connectivity index (χ4v) is 2.48. The molecule has 0 atom stereocenters. The van der Waals surface area contributed by atoms with E-state index in [0.29, 0.717) is 0 Å². The van der Waals surface area contributed by atoms with Crippen molar-refractivity contribution in [3.05, 3.63) is 96.1 Å². The van der Waals surface area contributed by atoms with Gasteiger partial charge in [-0.1, -0.05) is 90.4 Å². The maximum absolute atomic E-state index is 12.2. The van der Waals surface area contributed by atoms with Crippen LogP contribution in [0.4, 0.5) is 0 Å². The van der Waals surface area contributed by atoms with E-state index in [1.165, 1.54) is 11.1 Å². The third kappa shape index (κ3) is 3.86. The Kier molecular flexibility index (Phi) is 4.53. The molecule has 0 fully saturated rings. The lowest BCUT2D eigenvalue weighted by molar-refractivity contribution is 0.104. The van der Waals surface area contributed by atoms with Crippen molar-refractivity contribution < 1.29 is 4.79 Å². The molecule has 0 spiro atoms. The molecule has 0 aliphatic heterocycles. The topological polar surface area (TPSA) is 17.1 Å². The van der Waals surface area contributed by atoms with Crippen molar-refractivity contribution in [3.63, 3.8) is 0 Å². The van der Waals surface area contributed by atoms with Crippen LogP contribution in [0.25, 0.3) is 17.2 Å². The lowest BCUT2D eigenvalue weighted by Gasteiger charge is -2.02. The highest BCUT2D eigenvalue weighted by atomic mass is 16.1. The second-order valence-electron chi connectivity index (χ2n) is 5.56. The van der Waals surface area contributed by atoms with Gasteiger partial charge in [0.2, 0.25) is 0 Å². The van der Waals surface area contributed by atoms with E-state index in [1.54, 1.807) is 6.08 Å². The molecule has 0 saturated heterocycles. The van der Waals surface area contributed by atoms with Crippen molar-refractivity contribution >= 4 is 25.2 Å². The molecule has 23 heavy (non-hydrogen) atoms. The van der Waals surface area contributed by atoms with Gasteiger partial charge in [0.1, 0.15) is 7.85 Å². The molecule has 0 aliphatic carbocycles. The number of hydrogen-bond acceptors (Lipinski definition) is 1. The van der Waals surface area contributed by atoms with Gasteiger partial charge in [0.25, 0.3) is 0 Å². The average Bonchev–Trinajstić information content (AvgIpc) is 2.61. The molecule has 0 radical (unpaired) electrons. The predicted molar refractivity (Wildman–Crippen MR) is 99.9 cm³/mol. The molecule has 0 N–H and O–H groups in total. The fraction of sp³-hybridized carbons (Fsp3) is 0. The van der Waals surface area contributed by atoms with Crippen molar-refractivity contribution in [2.45, 2.75) is 0 Å². The van der Waals surface area contributed by atoms with Gasteiger partial charge in [-0.25, -0.2) is 0 Å². The number of allylic oxidation sites excluding steroid dienone is 1. The van der Waals surface area contributed by atoms with Crippen LogP contribution < -0.4 is 5.46 Å². The van der Waals surface area contributed by atoms with Crippen LogP contribution in [0.5, 0.6) is 0 Å². The van der Waals surface area contributed by atoms with E-state index in [0.717, 1.165) is 16.6 Å². The van der Waals surface area contributed by atoms with E-state index in [-0.39, 0.29) is 5.78 Å². The van der Waals surface area contributed by atoms with Crippen LogP contribution in [0.3, 0.4) is 0 Å². The highest BCUT2D eigenvalue weighted by Gasteiger charge is 2.01. The molecule has 2 heteroatoms. The van der Waals surface area contributed by atoms with Crippen molar-refractivity contribution in [1.82, 2.24) is 0 Å². The Hall–Kier alpha value is -2.87. The lowest BCUT2D eigenvalue weighted by Crippen LogP contribution is -2.05. The van der Waals surface area contributed by atoms with Gasteiger partial charge in [0.05, 0.1) is 0 Å². The third-order valence-corrected chi connectivity index (χ3v) is 3.75. The number of carbonyl (C=O) groups excluding carboxylic acids is 1. The molecule has 0 amide bonds. The van der Waals surface area contributed by atoms with Crippen molar-refractivity contribution in [2.24, 2.45) is 0 Å². The summed E-state index contributed by atoms with van der Waals surface area (Å²) in [5.74, 6) is 0.0286. The van der Waals surface area contributed by atoms with Gasteiger partial charge in [-0.2, -0.15) is 0 Å². The second kappa shape index (κ2) is 6.93. The number of ketones is 1. The summed E-state index contributed by atoms with van der Waals surface area (Å²) in [5, 5.41) is 0. The summed E-state index contributed by atoms with van der Waals surface area (Å²) in [6.45, 7) is 0. The average molecular weight is 296 g/mol. The smallest absolute Gasteiger partial charge is 0.185 e. The predicted octanol–water partition coefficient (Wildman–Crippen LogP) is 3.51. The Bertz CT molecular complexity index is 833. The molecule has 0 saturated carbocycles. The van der Waals surface area contributed by atoms with Gasteiger partial charge in [-0.3, -0.25) is 4.79 Å². The monoisotopic (exact) mass is 296 g/mol. The summed E-state index contributed by atoms with van der Waals surface area (Å²) in [6, 6.07) is 26.1. The largest absolute Gasteiger partial charge is 0.289 e. The lowest BCUT2D eigenvalue weighted by atomic mass is 9.93. The summed E-state index contributed by atoms with van der Waals surface area (Å²) in [7, 11) is 1.99.